The van der Waals surface area contributed by atoms with Crippen molar-refractivity contribution in [3.05, 3.63) is 61.1 Å². The van der Waals surface area contributed by atoms with E-state index in [1.165, 1.54) is 0 Å². The Labute approximate surface area is 135 Å². The molecule has 0 radical (unpaired) electrons. The number of hydrogen-bond acceptors (Lipinski definition) is 1. The minimum Gasteiger partial charge on any atom is -0.322 e. The summed E-state index contributed by atoms with van der Waals surface area (Å²) in [6, 6.07) is 10.7. The van der Waals surface area contributed by atoms with E-state index in [0.29, 0.717) is 21.3 Å². The van der Waals surface area contributed by atoms with Gasteiger partial charge in [-0.15, -0.1) is 0 Å². The maximum Gasteiger partial charge on any atom is 0.257 e. The highest BCUT2D eigenvalue weighted by Gasteiger charge is 2.12. The molecule has 0 aliphatic rings. The lowest BCUT2D eigenvalue weighted by molar-refractivity contribution is 0.102. The van der Waals surface area contributed by atoms with Gasteiger partial charge in [0.05, 0.1) is 10.6 Å². The first-order chi connectivity index (χ1) is 8.97. The molecule has 2 rings (SSSR count). The molecule has 0 spiro atoms. The van der Waals surface area contributed by atoms with Gasteiger partial charge in [-0.05, 0) is 65.4 Å². The molecule has 19 heavy (non-hydrogen) atoms. The molecule has 0 aromatic heterocycles. The average molecular weight is 406 g/mol. The number of rotatable bonds is 2. The second kappa shape index (κ2) is 6.11. The van der Waals surface area contributed by atoms with Crippen LogP contribution in [0.4, 0.5) is 5.69 Å². The van der Waals surface area contributed by atoms with Gasteiger partial charge in [-0.25, -0.2) is 0 Å². The molecule has 0 unspecified atom stereocenters. The van der Waals surface area contributed by atoms with Crippen LogP contribution < -0.4 is 5.32 Å². The lowest BCUT2D eigenvalue weighted by atomic mass is 10.1. The van der Waals surface area contributed by atoms with Crippen LogP contribution in [0.5, 0.6) is 0 Å². The van der Waals surface area contributed by atoms with Crippen LogP contribution in [0.25, 0.3) is 0 Å². The molecule has 0 saturated heterocycles. The molecule has 5 heteroatoms. The topological polar surface area (TPSA) is 29.1 Å². The van der Waals surface area contributed by atoms with Crippen molar-refractivity contribution < 1.29 is 4.79 Å². The Hall–Kier alpha value is -0.780. The molecule has 1 N–H and O–H groups in total. The summed E-state index contributed by atoms with van der Waals surface area (Å²) in [5.74, 6) is -0.242. The normalized spacial score (nSPS) is 10.3. The third-order valence-electron chi connectivity index (χ3n) is 2.62. The van der Waals surface area contributed by atoms with E-state index in [1.54, 1.807) is 24.3 Å². The highest BCUT2D eigenvalue weighted by molar-refractivity contribution is 14.1. The number of amides is 1. The molecule has 2 aromatic carbocycles. The fraction of sp³-hybridized carbons (Fsp3) is 0.0714. The number of nitrogens with one attached hydrogen (secondary N) is 1. The summed E-state index contributed by atoms with van der Waals surface area (Å²) >= 11 is 14.1. The van der Waals surface area contributed by atoms with Crippen molar-refractivity contribution in [1.29, 1.82) is 0 Å². The second-order valence-electron chi connectivity index (χ2n) is 4.04. The van der Waals surface area contributed by atoms with Crippen molar-refractivity contribution in [2.75, 3.05) is 5.32 Å². The van der Waals surface area contributed by atoms with Crippen LogP contribution in [0.1, 0.15) is 15.9 Å². The second-order valence-corrected chi connectivity index (χ2v) is 6.13. The third-order valence-corrected chi connectivity index (χ3v) is 3.86. The smallest absolute Gasteiger partial charge is 0.257 e. The molecular formula is C14H10Cl2INO. The summed E-state index contributed by atoms with van der Waals surface area (Å²) in [5, 5.41) is 3.83. The van der Waals surface area contributed by atoms with Gasteiger partial charge in [0.25, 0.3) is 5.91 Å². The Morgan fingerprint density at radius 2 is 1.89 bits per heavy atom. The van der Waals surface area contributed by atoms with Crippen LogP contribution in [-0.4, -0.2) is 5.91 Å². The fourth-order valence-electron chi connectivity index (χ4n) is 1.59. The Morgan fingerprint density at radius 1 is 1.16 bits per heavy atom. The van der Waals surface area contributed by atoms with E-state index in [1.807, 2.05) is 19.1 Å². The Morgan fingerprint density at radius 3 is 2.63 bits per heavy atom. The first-order valence-electron chi connectivity index (χ1n) is 5.50. The molecule has 98 valence electrons. The van der Waals surface area contributed by atoms with E-state index < -0.39 is 0 Å². The predicted molar refractivity (Wildman–Crippen MR) is 88.3 cm³/mol. The first kappa shape index (κ1) is 14.6. The Balaban J connectivity index is 2.30. The summed E-state index contributed by atoms with van der Waals surface area (Å²) in [4.78, 5) is 12.2. The highest BCUT2D eigenvalue weighted by Crippen LogP contribution is 2.23. The number of aryl methyl sites for hydroxylation is 1. The number of halogens is 3. The van der Waals surface area contributed by atoms with E-state index >= 15 is 0 Å². The summed E-state index contributed by atoms with van der Waals surface area (Å²) in [6.07, 6.45) is 0. The average Bonchev–Trinajstić information content (AvgIpc) is 2.36. The molecule has 0 aliphatic carbocycles. The van der Waals surface area contributed by atoms with Crippen LogP contribution >= 0.6 is 45.8 Å². The summed E-state index contributed by atoms with van der Waals surface area (Å²) in [7, 11) is 0. The predicted octanol–water partition coefficient (Wildman–Crippen LogP) is 5.16. The summed E-state index contributed by atoms with van der Waals surface area (Å²) in [6.45, 7) is 1.91. The van der Waals surface area contributed by atoms with Gasteiger partial charge in [0.2, 0.25) is 0 Å². The molecule has 0 bridgehead atoms. The van der Waals surface area contributed by atoms with E-state index in [9.17, 15) is 4.79 Å². The van der Waals surface area contributed by atoms with Gasteiger partial charge in [0.15, 0.2) is 0 Å². The third kappa shape index (κ3) is 3.61. The van der Waals surface area contributed by atoms with Gasteiger partial charge in [-0.2, -0.15) is 0 Å². The van der Waals surface area contributed by atoms with Crippen LogP contribution in [0.3, 0.4) is 0 Å². The van der Waals surface area contributed by atoms with Crippen LogP contribution in [-0.2, 0) is 0 Å². The van der Waals surface area contributed by atoms with Gasteiger partial charge in [0, 0.05) is 14.3 Å². The highest BCUT2D eigenvalue weighted by atomic mass is 127. The molecule has 2 aromatic rings. The lowest BCUT2D eigenvalue weighted by Gasteiger charge is -2.10. The molecule has 0 heterocycles. The van der Waals surface area contributed by atoms with E-state index in [2.05, 4.69) is 27.9 Å². The molecule has 0 fully saturated rings. The molecule has 0 aliphatic heterocycles. The zero-order valence-electron chi connectivity index (χ0n) is 10.0. The minimum atomic E-state index is -0.242. The van der Waals surface area contributed by atoms with Crippen molar-refractivity contribution in [3.63, 3.8) is 0 Å². The number of anilines is 1. The molecular weight excluding hydrogens is 396 g/mol. The standard InChI is InChI=1S/C14H10Cl2INO/c1-8-2-3-9(15)6-13(8)18-14(19)11-7-10(17)4-5-12(11)16/h2-7H,1H3,(H,18,19). The van der Waals surface area contributed by atoms with Gasteiger partial charge in [-0.1, -0.05) is 29.3 Å². The van der Waals surface area contributed by atoms with Gasteiger partial charge in [0.1, 0.15) is 0 Å². The molecule has 2 nitrogen and oxygen atoms in total. The lowest BCUT2D eigenvalue weighted by Crippen LogP contribution is -2.13. The maximum atomic E-state index is 12.2. The van der Waals surface area contributed by atoms with Crippen LogP contribution in [0.15, 0.2) is 36.4 Å². The quantitative estimate of drug-likeness (QED) is 0.687. The van der Waals surface area contributed by atoms with Crippen molar-refractivity contribution >= 4 is 57.4 Å². The minimum absolute atomic E-state index is 0.242. The number of hydrogen-bond donors (Lipinski definition) is 1. The van der Waals surface area contributed by atoms with E-state index in [-0.39, 0.29) is 5.91 Å². The molecule has 0 saturated carbocycles. The largest absolute Gasteiger partial charge is 0.322 e. The zero-order chi connectivity index (χ0) is 14.0. The summed E-state index contributed by atoms with van der Waals surface area (Å²) in [5.41, 5.74) is 2.08. The van der Waals surface area contributed by atoms with Gasteiger partial charge in [-0.3, -0.25) is 4.79 Å². The first-order valence-corrected chi connectivity index (χ1v) is 7.33. The number of carbonyl (C=O) groups is 1. The van der Waals surface area contributed by atoms with Gasteiger partial charge < -0.3 is 5.32 Å². The SMILES string of the molecule is Cc1ccc(Cl)cc1NC(=O)c1cc(I)ccc1Cl. The van der Waals surface area contributed by atoms with Crippen molar-refractivity contribution in [1.82, 2.24) is 0 Å². The van der Waals surface area contributed by atoms with Crippen LogP contribution in [0.2, 0.25) is 10.0 Å². The van der Waals surface area contributed by atoms with Crippen LogP contribution in [0, 0.1) is 10.5 Å². The van der Waals surface area contributed by atoms with Crippen molar-refractivity contribution in [2.24, 2.45) is 0 Å². The monoisotopic (exact) mass is 405 g/mol. The van der Waals surface area contributed by atoms with Crippen molar-refractivity contribution in [2.45, 2.75) is 6.92 Å². The summed E-state index contributed by atoms with van der Waals surface area (Å²) < 4.78 is 0.954. The van der Waals surface area contributed by atoms with Crippen molar-refractivity contribution in [3.8, 4) is 0 Å². The van der Waals surface area contributed by atoms with E-state index in [0.717, 1.165) is 9.13 Å². The fourth-order valence-corrected chi connectivity index (χ4v) is 2.46. The van der Waals surface area contributed by atoms with E-state index in [4.69, 9.17) is 23.2 Å². The Kier molecular flexibility index (Phi) is 4.71. The maximum absolute atomic E-state index is 12.2. The molecule has 0 atom stereocenters. The van der Waals surface area contributed by atoms with Gasteiger partial charge >= 0.3 is 0 Å². The zero-order valence-corrected chi connectivity index (χ0v) is 13.7. The Bertz CT molecular complexity index is 643. The number of benzene rings is 2. The molecule has 1 amide bonds. The number of carbonyl (C=O) groups excluding carboxylic acids is 1.